The standard InChI is InChI=1S/C15H15NO4/c1-18-10-20-13-8-11(7-12(9-13)19-2)15(17)14-5-3-4-6-16-14/h3-9H,10H2,1-2H3. The summed E-state index contributed by atoms with van der Waals surface area (Å²) in [4.78, 5) is 16.4. The third-order valence-corrected chi connectivity index (χ3v) is 2.62. The molecule has 5 heteroatoms. The summed E-state index contributed by atoms with van der Waals surface area (Å²) in [5.41, 5.74) is 0.826. The normalized spacial score (nSPS) is 10.1. The van der Waals surface area contributed by atoms with Gasteiger partial charge in [0.05, 0.1) is 7.11 Å². The van der Waals surface area contributed by atoms with E-state index in [1.807, 2.05) is 0 Å². The zero-order chi connectivity index (χ0) is 14.4. The molecule has 1 aromatic heterocycles. The van der Waals surface area contributed by atoms with Crippen molar-refractivity contribution in [3.05, 3.63) is 53.9 Å². The van der Waals surface area contributed by atoms with Gasteiger partial charge in [-0.25, -0.2) is 0 Å². The first-order valence-electron chi connectivity index (χ1n) is 6.01. The van der Waals surface area contributed by atoms with E-state index >= 15 is 0 Å². The average Bonchev–Trinajstić information content (AvgIpc) is 2.52. The van der Waals surface area contributed by atoms with Crippen molar-refractivity contribution in [2.75, 3.05) is 21.0 Å². The third kappa shape index (κ3) is 3.33. The molecule has 20 heavy (non-hydrogen) atoms. The van der Waals surface area contributed by atoms with Gasteiger partial charge in [-0.1, -0.05) is 6.07 Å². The number of rotatable bonds is 6. The second-order valence-electron chi connectivity index (χ2n) is 3.99. The van der Waals surface area contributed by atoms with Gasteiger partial charge in [0.2, 0.25) is 5.78 Å². The van der Waals surface area contributed by atoms with E-state index in [9.17, 15) is 4.79 Å². The molecule has 0 aliphatic carbocycles. The van der Waals surface area contributed by atoms with Gasteiger partial charge in [0.1, 0.15) is 17.2 Å². The smallest absolute Gasteiger partial charge is 0.211 e. The number of carbonyl (C=O) groups excluding carboxylic acids is 1. The van der Waals surface area contributed by atoms with Crippen LogP contribution in [0.5, 0.6) is 11.5 Å². The van der Waals surface area contributed by atoms with Gasteiger partial charge in [-0.2, -0.15) is 0 Å². The lowest BCUT2D eigenvalue weighted by molar-refractivity contribution is 0.0509. The second kappa shape index (κ2) is 6.68. The van der Waals surface area contributed by atoms with Gasteiger partial charge in [0, 0.05) is 24.9 Å². The van der Waals surface area contributed by atoms with Crippen molar-refractivity contribution >= 4 is 5.78 Å². The van der Waals surface area contributed by atoms with Crippen LogP contribution in [0.15, 0.2) is 42.6 Å². The van der Waals surface area contributed by atoms with E-state index in [4.69, 9.17) is 14.2 Å². The van der Waals surface area contributed by atoms with Gasteiger partial charge in [-0.05, 0) is 24.3 Å². The topological polar surface area (TPSA) is 57.7 Å². The molecule has 0 saturated carbocycles. The Morgan fingerprint density at radius 1 is 1.15 bits per heavy atom. The van der Waals surface area contributed by atoms with Crippen molar-refractivity contribution in [3.8, 4) is 11.5 Å². The van der Waals surface area contributed by atoms with Crippen LogP contribution in [-0.4, -0.2) is 31.8 Å². The molecule has 0 spiro atoms. The quantitative estimate of drug-likeness (QED) is 0.597. The molecule has 0 atom stereocenters. The monoisotopic (exact) mass is 273 g/mol. The fourth-order valence-corrected chi connectivity index (χ4v) is 1.68. The van der Waals surface area contributed by atoms with Crippen LogP contribution in [0.4, 0.5) is 0 Å². The summed E-state index contributed by atoms with van der Waals surface area (Å²) in [5, 5.41) is 0. The van der Waals surface area contributed by atoms with Gasteiger partial charge in [0.25, 0.3) is 0 Å². The molecule has 2 rings (SSSR count). The molecule has 0 aliphatic rings. The van der Waals surface area contributed by atoms with Crippen LogP contribution in [0, 0.1) is 0 Å². The Morgan fingerprint density at radius 3 is 2.60 bits per heavy atom. The van der Waals surface area contributed by atoms with Crippen LogP contribution in [0.2, 0.25) is 0 Å². The van der Waals surface area contributed by atoms with Crippen molar-refractivity contribution in [3.63, 3.8) is 0 Å². The number of nitrogens with zero attached hydrogens (tertiary/aromatic N) is 1. The maximum absolute atomic E-state index is 12.3. The highest BCUT2D eigenvalue weighted by atomic mass is 16.7. The van der Waals surface area contributed by atoms with E-state index in [2.05, 4.69) is 4.98 Å². The van der Waals surface area contributed by atoms with E-state index in [-0.39, 0.29) is 12.6 Å². The number of hydrogen-bond acceptors (Lipinski definition) is 5. The number of aromatic nitrogens is 1. The summed E-state index contributed by atoms with van der Waals surface area (Å²) in [6.45, 7) is 0.102. The number of carbonyl (C=O) groups is 1. The molecule has 0 bridgehead atoms. The van der Waals surface area contributed by atoms with Gasteiger partial charge in [-0.15, -0.1) is 0 Å². The summed E-state index contributed by atoms with van der Waals surface area (Å²) in [7, 11) is 3.06. The lowest BCUT2D eigenvalue weighted by Gasteiger charge is -2.09. The number of methoxy groups -OCH3 is 2. The molecule has 1 heterocycles. The fraction of sp³-hybridized carbons (Fsp3) is 0.200. The van der Waals surface area contributed by atoms with E-state index in [0.717, 1.165) is 0 Å². The predicted octanol–water partition coefficient (Wildman–Crippen LogP) is 2.30. The maximum Gasteiger partial charge on any atom is 0.211 e. The van der Waals surface area contributed by atoms with E-state index < -0.39 is 0 Å². The number of pyridine rings is 1. The first-order valence-corrected chi connectivity index (χ1v) is 6.01. The minimum Gasteiger partial charge on any atom is -0.497 e. The first kappa shape index (κ1) is 14.0. The summed E-state index contributed by atoms with van der Waals surface area (Å²) < 4.78 is 15.4. The van der Waals surface area contributed by atoms with Crippen LogP contribution < -0.4 is 9.47 Å². The van der Waals surface area contributed by atoms with Crippen molar-refractivity contribution in [1.82, 2.24) is 4.98 Å². The number of ether oxygens (including phenoxy) is 3. The van der Waals surface area contributed by atoms with Crippen molar-refractivity contribution < 1.29 is 19.0 Å². The molecule has 0 N–H and O–H groups in total. The molecule has 104 valence electrons. The number of hydrogen-bond donors (Lipinski definition) is 0. The lowest BCUT2D eigenvalue weighted by atomic mass is 10.1. The molecule has 0 aliphatic heterocycles. The first-order chi connectivity index (χ1) is 9.74. The van der Waals surface area contributed by atoms with Gasteiger partial charge < -0.3 is 14.2 Å². The van der Waals surface area contributed by atoms with Crippen LogP contribution >= 0.6 is 0 Å². The third-order valence-electron chi connectivity index (χ3n) is 2.62. The molecule has 0 radical (unpaired) electrons. The Bertz CT molecular complexity index is 584. The van der Waals surface area contributed by atoms with Gasteiger partial charge >= 0.3 is 0 Å². The number of ketones is 1. The Labute approximate surface area is 117 Å². The lowest BCUT2D eigenvalue weighted by Crippen LogP contribution is -2.05. The second-order valence-corrected chi connectivity index (χ2v) is 3.99. The molecule has 0 fully saturated rings. The predicted molar refractivity (Wildman–Crippen MR) is 73.2 cm³/mol. The number of benzene rings is 1. The minimum atomic E-state index is -0.188. The van der Waals surface area contributed by atoms with Crippen molar-refractivity contribution in [2.24, 2.45) is 0 Å². The molecule has 0 saturated heterocycles. The summed E-state index contributed by atoms with van der Waals surface area (Å²) >= 11 is 0. The summed E-state index contributed by atoms with van der Waals surface area (Å²) in [6, 6.07) is 10.2. The Balaban J connectivity index is 2.33. The van der Waals surface area contributed by atoms with Gasteiger partial charge in [0.15, 0.2) is 6.79 Å². The van der Waals surface area contributed by atoms with Gasteiger partial charge in [-0.3, -0.25) is 9.78 Å². The van der Waals surface area contributed by atoms with E-state index in [1.165, 1.54) is 14.2 Å². The Hall–Kier alpha value is -2.40. The van der Waals surface area contributed by atoms with E-state index in [1.54, 1.807) is 42.6 Å². The molecule has 2 aromatic rings. The highest BCUT2D eigenvalue weighted by Crippen LogP contribution is 2.24. The van der Waals surface area contributed by atoms with Crippen LogP contribution in [0.25, 0.3) is 0 Å². The Morgan fingerprint density at radius 2 is 1.95 bits per heavy atom. The summed E-state index contributed by atoms with van der Waals surface area (Å²) in [5.74, 6) is 0.857. The Kier molecular flexibility index (Phi) is 4.68. The molecule has 5 nitrogen and oxygen atoms in total. The van der Waals surface area contributed by atoms with Crippen molar-refractivity contribution in [2.45, 2.75) is 0 Å². The fourth-order valence-electron chi connectivity index (χ4n) is 1.68. The van der Waals surface area contributed by atoms with Crippen molar-refractivity contribution in [1.29, 1.82) is 0 Å². The highest BCUT2D eigenvalue weighted by Gasteiger charge is 2.13. The average molecular weight is 273 g/mol. The minimum absolute atomic E-state index is 0.102. The molecular weight excluding hydrogens is 258 g/mol. The SMILES string of the molecule is COCOc1cc(OC)cc(C(=O)c2ccccn2)c1. The van der Waals surface area contributed by atoms with E-state index in [0.29, 0.717) is 22.8 Å². The highest BCUT2D eigenvalue weighted by molar-refractivity contribution is 6.08. The largest absolute Gasteiger partial charge is 0.497 e. The van der Waals surface area contributed by atoms with Crippen LogP contribution in [0.3, 0.4) is 0 Å². The van der Waals surface area contributed by atoms with Crippen LogP contribution in [0.1, 0.15) is 16.1 Å². The maximum atomic E-state index is 12.3. The van der Waals surface area contributed by atoms with Crippen LogP contribution in [-0.2, 0) is 4.74 Å². The zero-order valence-electron chi connectivity index (χ0n) is 11.3. The molecular formula is C15H15NO4. The zero-order valence-corrected chi connectivity index (χ0v) is 11.3. The molecule has 0 amide bonds. The molecule has 1 aromatic carbocycles. The molecule has 0 unspecified atom stereocenters. The summed E-state index contributed by atoms with van der Waals surface area (Å²) in [6.07, 6.45) is 1.58.